The van der Waals surface area contributed by atoms with Gasteiger partial charge in [0, 0.05) is 23.5 Å². The van der Waals surface area contributed by atoms with Crippen molar-refractivity contribution in [1.82, 2.24) is 24.6 Å². The number of aromatic nitrogens is 4. The first-order chi connectivity index (χ1) is 16.1. The second-order valence-electron chi connectivity index (χ2n) is 7.31. The third-order valence-corrected chi connectivity index (χ3v) is 7.02. The van der Waals surface area contributed by atoms with Crippen molar-refractivity contribution in [3.8, 4) is 17.3 Å². The molecule has 0 unspecified atom stereocenters. The lowest BCUT2D eigenvalue weighted by atomic mass is 10.3. The summed E-state index contributed by atoms with van der Waals surface area (Å²) in [5.74, 6) is 1.77. The van der Waals surface area contributed by atoms with Gasteiger partial charge in [-0.1, -0.05) is 43.3 Å². The number of hydrogen-bond donors (Lipinski definition) is 0. The highest BCUT2D eigenvalue weighted by molar-refractivity contribution is 7.98. The summed E-state index contributed by atoms with van der Waals surface area (Å²) in [7, 11) is 0. The van der Waals surface area contributed by atoms with Crippen LogP contribution >= 0.6 is 34.7 Å². The van der Waals surface area contributed by atoms with Crippen LogP contribution in [-0.2, 0) is 5.75 Å². The lowest BCUT2D eigenvalue weighted by molar-refractivity contribution is 0.0750. The first-order valence-electron chi connectivity index (χ1n) is 10.7. The second kappa shape index (κ2) is 11.0. The zero-order valence-electron chi connectivity index (χ0n) is 18.4. The largest absolute Gasteiger partial charge is 0.461 e. The number of carbonyl (C=O) groups excluding carboxylic acids is 1. The normalized spacial score (nSPS) is 11.1. The molecule has 0 aliphatic heterocycles. The topological polar surface area (TPSA) is 77.0 Å². The van der Waals surface area contributed by atoms with Crippen LogP contribution in [0.25, 0.3) is 17.3 Å². The highest BCUT2D eigenvalue weighted by atomic mass is 35.5. The second-order valence-corrected chi connectivity index (χ2v) is 9.63. The molecule has 0 N–H and O–H groups in total. The molecule has 7 nitrogen and oxygen atoms in total. The summed E-state index contributed by atoms with van der Waals surface area (Å²) in [5, 5.41) is 12.7. The van der Waals surface area contributed by atoms with E-state index in [1.807, 2.05) is 51.2 Å². The third-order valence-electron chi connectivity index (χ3n) is 4.81. The summed E-state index contributed by atoms with van der Waals surface area (Å²) >= 11 is 9.22. The van der Waals surface area contributed by atoms with Crippen LogP contribution in [0, 0.1) is 0 Å². The Bertz CT molecular complexity index is 1200. The van der Waals surface area contributed by atoms with E-state index in [4.69, 9.17) is 16.0 Å². The fourth-order valence-corrected chi connectivity index (χ4v) is 5.32. The van der Waals surface area contributed by atoms with E-state index >= 15 is 0 Å². The molecular formula is C23H24ClN5O2S2. The van der Waals surface area contributed by atoms with Crippen molar-refractivity contribution in [2.75, 3.05) is 13.1 Å². The number of carbonyl (C=O) groups is 1. The van der Waals surface area contributed by atoms with E-state index in [2.05, 4.69) is 29.0 Å². The molecule has 33 heavy (non-hydrogen) atoms. The molecule has 4 aromatic rings. The number of rotatable bonds is 10. The number of hydrogen-bond acceptors (Lipinski definition) is 7. The molecule has 0 fully saturated rings. The number of halogens is 1. The van der Waals surface area contributed by atoms with Gasteiger partial charge in [0.25, 0.3) is 5.91 Å². The summed E-state index contributed by atoms with van der Waals surface area (Å²) < 4.78 is 7.48. The minimum atomic E-state index is -0.00611. The molecule has 3 aromatic heterocycles. The van der Waals surface area contributed by atoms with E-state index in [1.54, 1.807) is 6.26 Å². The molecular weight excluding hydrogens is 478 g/mol. The fourth-order valence-electron chi connectivity index (χ4n) is 3.40. The number of thiazole rings is 1. The van der Waals surface area contributed by atoms with Crippen LogP contribution in [0.4, 0.5) is 0 Å². The molecule has 172 valence electrons. The van der Waals surface area contributed by atoms with Crippen molar-refractivity contribution >= 4 is 40.6 Å². The van der Waals surface area contributed by atoms with Gasteiger partial charge in [-0.3, -0.25) is 9.36 Å². The summed E-state index contributed by atoms with van der Waals surface area (Å²) in [4.78, 5) is 19.3. The Morgan fingerprint density at radius 3 is 2.70 bits per heavy atom. The van der Waals surface area contributed by atoms with E-state index in [-0.39, 0.29) is 5.91 Å². The highest BCUT2D eigenvalue weighted by Gasteiger charge is 2.20. The molecule has 1 amide bonds. The SMILES string of the molecule is CCCN(CCC)C(=O)c1csc(CSc2nnc(-c3ccco3)n2-c2cccc(Cl)c2)n1. The molecule has 0 aliphatic carbocycles. The Kier molecular flexibility index (Phi) is 7.85. The van der Waals surface area contributed by atoms with Gasteiger partial charge in [-0.2, -0.15) is 0 Å². The summed E-state index contributed by atoms with van der Waals surface area (Å²) in [6.45, 7) is 5.64. The average molecular weight is 502 g/mol. The standard InChI is InChI=1S/C23H24ClN5O2S2/c1-3-10-28(11-4-2)22(30)18-14-32-20(25-18)15-33-23-27-26-21(19-9-6-12-31-19)29(23)17-8-5-7-16(24)13-17/h5-9,12-14H,3-4,10-11,15H2,1-2H3. The average Bonchev–Trinajstić information content (AvgIpc) is 3.57. The van der Waals surface area contributed by atoms with Crippen LogP contribution in [0.15, 0.2) is 57.6 Å². The summed E-state index contributed by atoms with van der Waals surface area (Å²) in [6.07, 6.45) is 3.46. The molecule has 0 radical (unpaired) electrons. The first kappa shape index (κ1) is 23.5. The molecule has 0 aliphatic rings. The molecule has 0 atom stereocenters. The van der Waals surface area contributed by atoms with Gasteiger partial charge < -0.3 is 9.32 Å². The van der Waals surface area contributed by atoms with Gasteiger partial charge >= 0.3 is 0 Å². The van der Waals surface area contributed by atoms with Crippen molar-refractivity contribution in [1.29, 1.82) is 0 Å². The molecule has 0 saturated carbocycles. The van der Waals surface area contributed by atoms with Crippen LogP contribution in [0.2, 0.25) is 5.02 Å². The van der Waals surface area contributed by atoms with Crippen molar-refractivity contribution in [2.24, 2.45) is 0 Å². The van der Waals surface area contributed by atoms with Gasteiger partial charge in [0.15, 0.2) is 10.9 Å². The zero-order valence-corrected chi connectivity index (χ0v) is 20.8. The number of nitrogens with zero attached hydrogens (tertiary/aromatic N) is 5. The van der Waals surface area contributed by atoms with Crippen molar-refractivity contribution in [2.45, 2.75) is 37.6 Å². The quantitative estimate of drug-likeness (QED) is 0.241. The predicted molar refractivity (Wildman–Crippen MR) is 132 cm³/mol. The Balaban J connectivity index is 1.55. The third kappa shape index (κ3) is 5.48. The molecule has 0 bridgehead atoms. The maximum Gasteiger partial charge on any atom is 0.273 e. The van der Waals surface area contributed by atoms with Gasteiger partial charge in [0.1, 0.15) is 10.7 Å². The van der Waals surface area contributed by atoms with E-state index in [0.29, 0.717) is 33.2 Å². The van der Waals surface area contributed by atoms with E-state index in [1.165, 1.54) is 23.1 Å². The number of furan rings is 1. The molecule has 0 spiro atoms. The minimum Gasteiger partial charge on any atom is -0.461 e. The van der Waals surface area contributed by atoms with Gasteiger partial charge in [-0.05, 0) is 43.2 Å². The minimum absolute atomic E-state index is 0.00611. The van der Waals surface area contributed by atoms with Crippen LogP contribution in [0.5, 0.6) is 0 Å². The predicted octanol–water partition coefficient (Wildman–Crippen LogP) is 6.19. The first-order valence-corrected chi connectivity index (χ1v) is 13.0. The highest BCUT2D eigenvalue weighted by Crippen LogP contribution is 2.31. The smallest absolute Gasteiger partial charge is 0.273 e. The molecule has 4 rings (SSSR count). The molecule has 3 heterocycles. The van der Waals surface area contributed by atoms with Crippen LogP contribution in [0.1, 0.15) is 42.2 Å². The Hall–Kier alpha value is -2.62. The molecule has 0 saturated heterocycles. The monoisotopic (exact) mass is 501 g/mol. The Morgan fingerprint density at radius 1 is 1.18 bits per heavy atom. The van der Waals surface area contributed by atoms with E-state index in [9.17, 15) is 4.79 Å². The van der Waals surface area contributed by atoms with Gasteiger partial charge in [0.05, 0.1) is 17.7 Å². The summed E-state index contributed by atoms with van der Waals surface area (Å²) in [5.41, 5.74) is 1.34. The van der Waals surface area contributed by atoms with Gasteiger partial charge in [-0.25, -0.2) is 4.98 Å². The van der Waals surface area contributed by atoms with E-state index < -0.39 is 0 Å². The van der Waals surface area contributed by atoms with Crippen LogP contribution in [0.3, 0.4) is 0 Å². The van der Waals surface area contributed by atoms with Crippen molar-refractivity contribution < 1.29 is 9.21 Å². The molecule has 10 heteroatoms. The zero-order chi connectivity index (χ0) is 23.2. The Labute approximate surface area is 205 Å². The maximum atomic E-state index is 12.8. The fraction of sp³-hybridized carbons (Fsp3) is 0.304. The lowest BCUT2D eigenvalue weighted by Crippen LogP contribution is -2.32. The van der Waals surface area contributed by atoms with Gasteiger partial charge in [-0.15, -0.1) is 21.5 Å². The van der Waals surface area contributed by atoms with Crippen molar-refractivity contribution in [3.63, 3.8) is 0 Å². The van der Waals surface area contributed by atoms with E-state index in [0.717, 1.165) is 36.6 Å². The van der Waals surface area contributed by atoms with Crippen molar-refractivity contribution in [3.05, 3.63) is 63.8 Å². The number of benzene rings is 1. The molecule has 1 aromatic carbocycles. The number of amides is 1. The van der Waals surface area contributed by atoms with Gasteiger partial charge in [0.2, 0.25) is 5.82 Å². The van der Waals surface area contributed by atoms with Crippen LogP contribution < -0.4 is 0 Å². The summed E-state index contributed by atoms with van der Waals surface area (Å²) in [6, 6.07) is 11.2. The number of thioether (sulfide) groups is 1. The van der Waals surface area contributed by atoms with Crippen LogP contribution in [-0.4, -0.2) is 43.6 Å². The Morgan fingerprint density at radius 2 is 2.00 bits per heavy atom. The lowest BCUT2D eigenvalue weighted by Gasteiger charge is -2.20. The maximum absolute atomic E-state index is 12.8.